The van der Waals surface area contributed by atoms with E-state index in [2.05, 4.69) is 21.2 Å². The first-order valence-electron chi connectivity index (χ1n) is 7.31. The van der Waals surface area contributed by atoms with E-state index in [1.54, 1.807) is 0 Å². The predicted molar refractivity (Wildman–Crippen MR) is 93.4 cm³/mol. The summed E-state index contributed by atoms with van der Waals surface area (Å²) in [4.78, 5) is 12.4. The minimum Gasteiger partial charge on any atom is -0.480 e. The highest BCUT2D eigenvalue weighted by Crippen LogP contribution is 2.24. The molecule has 116 valence electrons. The number of carbonyl (C=O) groups is 1. The molecule has 0 saturated carbocycles. The average molecular weight is 362 g/mol. The van der Waals surface area contributed by atoms with Crippen LogP contribution in [0.25, 0.3) is 0 Å². The Hall–Kier alpha value is -1.81. The van der Waals surface area contributed by atoms with Crippen molar-refractivity contribution in [2.75, 3.05) is 5.32 Å². The van der Waals surface area contributed by atoms with E-state index in [-0.39, 0.29) is 5.91 Å². The molecular formula is C18H20BrNO2. The predicted octanol–water partition coefficient (Wildman–Crippen LogP) is 4.86. The van der Waals surface area contributed by atoms with Gasteiger partial charge in [0, 0.05) is 4.47 Å². The van der Waals surface area contributed by atoms with Gasteiger partial charge in [0.25, 0.3) is 5.91 Å². The molecular weight excluding hydrogens is 342 g/mol. The van der Waals surface area contributed by atoms with Gasteiger partial charge in [0.15, 0.2) is 6.10 Å². The molecule has 2 aromatic rings. The van der Waals surface area contributed by atoms with Crippen LogP contribution in [-0.4, -0.2) is 12.0 Å². The number of aryl methyl sites for hydroxylation is 1. The van der Waals surface area contributed by atoms with Crippen molar-refractivity contribution >= 4 is 27.5 Å². The second kappa shape index (κ2) is 7.45. The number of hydrogen-bond acceptors (Lipinski definition) is 2. The standard InChI is InChI=1S/C18H20BrNO2/c1-4-16(22-17-11-7-8-12(2)13(17)3)18(21)20-15-10-6-5-9-14(15)19/h5-11,16H,4H2,1-3H3,(H,20,21). The summed E-state index contributed by atoms with van der Waals surface area (Å²) >= 11 is 3.43. The van der Waals surface area contributed by atoms with Crippen LogP contribution in [0.3, 0.4) is 0 Å². The molecule has 0 aromatic heterocycles. The Morgan fingerprint density at radius 2 is 1.91 bits per heavy atom. The molecule has 22 heavy (non-hydrogen) atoms. The Morgan fingerprint density at radius 1 is 1.18 bits per heavy atom. The van der Waals surface area contributed by atoms with Crippen LogP contribution in [0.4, 0.5) is 5.69 Å². The first-order chi connectivity index (χ1) is 10.5. The third-order valence-electron chi connectivity index (χ3n) is 3.62. The first kappa shape index (κ1) is 16.6. The molecule has 3 nitrogen and oxygen atoms in total. The van der Waals surface area contributed by atoms with E-state index in [4.69, 9.17) is 4.74 Å². The molecule has 0 aliphatic carbocycles. The molecule has 0 aliphatic heterocycles. The van der Waals surface area contributed by atoms with Gasteiger partial charge in [-0.25, -0.2) is 0 Å². The van der Waals surface area contributed by atoms with Crippen molar-refractivity contribution in [1.82, 2.24) is 0 Å². The van der Waals surface area contributed by atoms with Gasteiger partial charge in [-0.1, -0.05) is 31.2 Å². The number of ether oxygens (including phenoxy) is 1. The summed E-state index contributed by atoms with van der Waals surface area (Å²) in [5, 5.41) is 2.90. The summed E-state index contributed by atoms with van der Waals surface area (Å²) in [6.45, 7) is 5.97. The van der Waals surface area contributed by atoms with E-state index in [9.17, 15) is 4.79 Å². The molecule has 1 amide bonds. The van der Waals surface area contributed by atoms with Crippen LogP contribution in [0.2, 0.25) is 0 Å². The van der Waals surface area contributed by atoms with Crippen LogP contribution in [0, 0.1) is 13.8 Å². The van der Waals surface area contributed by atoms with E-state index in [1.807, 2.05) is 63.2 Å². The Bertz CT molecular complexity index is 670. The molecule has 4 heteroatoms. The van der Waals surface area contributed by atoms with Gasteiger partial charge >= 0.3 is 0 Å². The number of rotatable bonds is 5. The number of halogens is 1. The number of nitrogens with one attached hydrogen (secondary N) is 1. The third-order valence-corrected chi connectivity index (χ3v) is 4.31. The van der Waals surface area contributed by atoms with Crippen molar-refractivity contribution in [2.45, 2.75) is 33.3 Å². The summed E-state index contributed by atoms with van der Waals surface area (Å²) in [7, 11) is 0. The molecule has 1 atom stereocenters. The molecule has 0 bridgehead atoms. The minimum atomic E-state index is -0.521. The Kier molecular flexibility index (Phi) is 5.61. The Morgan fingerprint density at radius 3 is 2.59 bits per heavy atom. The van der Waals surface area contributed by atoms with Gasteiger partial charge in [0.1, 0.15) is 5.75 Å². The lowest BCUT2D eigenvalue weighted by molar-refractivity contribution is -0.122. The molecule has 0 heterocycles. The van der Waals surface area contributed by atoms with Crippen molar-refractivity contribution in [2.24, 2.45) is 0 Å². The average Bonchev–Trinajstić information content (AvgIpc) is 2.51. The van der Waals surface area contributed by atoms with Crippen molar-refractivity contribution in [3.63, 3.8) is 0 Å². The van der Waals surface area contributed by atoms with Crippen molar-refractivity contribution in [3.8, 4) is 5.75 Å². The highest BCUT2D eigenvalue weighted by atomic mass is 79.9. The molecule has 1 unspecified atom stereocenters. The van der Waals surface area contributed by atoms with Crippen LogP contribution < -0.4 is 10.1 Å². The highest BCUT2D eigenvalue weighted by molar-refractivity contribution is 9.10. The molecule has 0 spiro atoms. The van der Waals surface area contributed by atoms with E-state index >= 15 is 0 Å². The molecule has 0 saturated heterocycles. The van der Waals surface area contributed by atoms with Crippen LogP contribution in [0.1, 0.15) is 24.5 Å². The maximum absolute atomic E-state index is 12.4. The lowest BCUT2D eigenvalue weighted by atomic mass is 10.1. The van der Waals surface area contributed by atoms with Gasteiger partial charge in [0.05, 0.1) is 5.69 Å². The SMILES string of the molecule is CCC(Oc1cccc(C)c1C)C(=O)Nc1ccccc1Br. The van der Waals surface area contributed by atoms with E-state index in [1.165, 1.54) is 0 Å². The fourth-order valence-electron chi connectivity index (χ4n) is 2.10. The van der Waals surface area contributed by atoms with Crippen LogP contribution >= 0.6 is 15.9 Å². The van der Waals surface area contributed by atoms with Crippen LogP contribution in [0.5, 0.6) is 5.75 Å². The topological polar surface area (TPSA) is 38.3 Å². The van der Waals surface area contributed by atoms with Gasteiger partial charge in [-0.05, 0) is 65.5 Å². The summed E-state index contributed by atoms with van der Waals surface area (Å²) < 4.78 is 6.77. The number of carbonyl (C=O) groups excluding carboxylic acids is 1. The maximum atomic E-state index is 12.4. The molecule has 1 N–H and O–H groups in total. The van der Waals surface area contributed by atoms with E-state index in [0.29, 0.717) is 6.42 Å². The first-order valence-corrected chi connectivity index (χ1v) is 8.10. The Balaban J connectivity index is 2.13. The molecule has 0 fully saturated rings. The van der Waals surface area contributed by atoms with Crippen molar-refractivity contribution in [3.05, 3.63) is 58.1 Å². The number of benzene rings is 2. The molecule has 0 aliphatic rings. The largest absolute Gasteiger partial charge is 0.480 e. The van der Waals surface area contributed by atoms with E-state index < -0.39 is 6.10 Å². The molecule has 0 radical (unpaired) electrons. The van der Waals surface area contributed by atoms with E-state index in [0.717, 1.165) is 27.0 Å². The second-order valence-electron chi connectivity index (χ2n) is 5.18. The van der Waals surface area contributed by atoms with Crippen molar-refractivity contribution in [1.29, 1.82) is 0 Å². The lowest BCUT2D eigenvalue weighted by Gasteiger charge is -2.19. The molecule has 2 rings (SSSR count). The minimum absolute atomic E-state index is 0.143. The van der Waals surface area contributed by atoms with Gasteiger partial charge in [-0.2, -0.15) is 0 Å². The lowest BCUT2D eigenvalue weighted by Crippen LogP contribution is -2.32. The summed E-state index contributed by atoms with van der Waals surface area (Å²) in [5.41, 5.74) is 2.96. The maximum Gasteiger partial charge on any atom is 0.265 e. The zero-order valence-electron chi connectivity index (χ0n) is 13.0. The van der Waals surface area contributed by atoms with Crippen LogP contribution in [0.15, 0.2) is 46.9 Å². The van der Waals surface area contributed by atoms with Crippen molar-refractivity contribution < 1.29 is 9.53 Å². The number of hydrogen-bond donors (Lipinski definition) is 1. The third kappa shape index (κ3) is 3.89. The van der Waals surface area contributed by atoms with Gasteiger partial charge in [-0.15, -0.1) is 0 Å². The summed E-state index contributed by atoms with van der Waals surface area (Å²) in [5.74, 6) is 0.615. The number of para-hydroxylation sites is 1. The van der Waals surface area contributed by atoms with Gasteiger partial charge < -0.3 is 10.1 Å². The smallest absolute Gasteiger partial charge is 0.265 e. The quantitative estimate of drug-likeness (QED) is 0.825. The zero-order valence-corrected chi connectivity index (χ0v) is 14.6. The summed E-state index contributed by atoms with van der Waals surface area (Å²) in [6.07, 6.45) is 0.0801. The summed E-state index contributed by atoms with van der Waals surface area (Å²) in [6, 6.07) is 13.4. The van der Waals surface area contributed by atoms with Crippen LogP contribution in [-0.2, 0) is 4.79 Å². The second-order valence-corrected chi connectivity index (χ2v) is 6.04. The Labute approximate surface area is 139 Å². The fraction of sp³-hybridized carbons (Fsp3) is 0.278. The number of anilines is 1. The number of amides is 1. The zero-order chi connectivity index (χ0) is 16.1. The monoisotopic (exact) mass is 361 g/mol. The van der Waals surface area contributed by atoms with Gasteiger partial charge in [-0.3, -0.25) is 4.79 Å². The van der Waals surface area contributed by atoms with Gasteiger partial charge in [0.2, 0.25) is 0 Å². The fourth-order valence-corrected chi connectivity index (χ4v) is 2.49. The molecule has 2 aromatic carbocycles. The highest BCUT2D eigenvalue weighted by Gasteiger charge is 2.20. The normalized spacial score (nSPS) is 11.8.